The van der Waals surface area contributed by atoms with Gasteiger partial charge in [-0.2, -0.15) is 5.11 Å². The van der Waals surface area contributed by atoms with Gasteiger partial charge >= 0.3 is 5.97 Å². The van der Waals surface area contributed by atoms with Gasteiger partial charge in [-0.25, -0.2) is 0 Å². The van der Waals surface area contributed by atoms with Gasteiger partial charge < -0.3 is 9.84 Å². The Morgan fingerprint density at radius 1 is 1.53 bits per heavy atom. The summed E-state index contributed by atoms with van der Waals surface area (Å²) in [5, 5.41) is 20.9. The van der Waals surface area contributed by atoms with Crippen LogP contribution in [0.15, 0.2) is 0 Å². The van der Waals surface area contributed by atoms with Gasteiger partial charge in [-0.1, -0.05) is 13.3 Å². The second-order valence-corrected chi connectivity index (χ2v) is 4.19. The van der Waals surface area contributed by atoms with Gasteiger partial charge in [-0.05, 0) is 25.7 Å². The molecule has 3 unspecified atom stereocenters. The molecule has 1 aliphatic carbocycles. The lowest BCUT2D eigenvalue weighted by molar-refractivity contribution is -0.197. The van der Waals surface area contributed by atoms with Crippen LogP contribution in [0.4, 0.5) is 0 Å². The van der Waals surface area contributed by atoms with E-state index >= 15 is 0 Å². The molecule has 0 aliphatic heterocycles. The summed E-state index contributed by atoms with van der Waals surface area (Å²) >= 11 is 0. The quantitative estimate of drug-likeness (QED) is 0.572. The number of hydrogen-bond acceptors (Lipinski definition) is 3. The van der Waals surface area contributed by atoms with Crippen molar-refractivity contribution in [1.29, 1.82) is 0 Å². The Hall–Kier alpha value is -0.610. The molecule has 87 valence electrons. The molecule has 0 bridgehead atoms. The number of esters is 1. The van der Waals surface area contributed by atoms with Crippen molar-refractivity contribution in [1.82, 2.24) is 0 Å². The van der Waals surface area contributed by atoms with Gasteiger partial charge in [0.05, 0.1) is 6.10 Å². The Balaban J connectivity index is 2.32. The molecule has 0 amide bonds. The Bertz CT molecular complexity index is 205. The molecular weight excluding hydrogens is 196 g/mol. The van der Waals surface area contributed by atoms with Gasteiger partial charge in [0.2, 0.25) is 6.29 Å². The summed E-state index contributed by atoms with van der Waals surface area (Å²) in [6, 6.07) is 0. The van der Waals surface area contributed by atoms with Crippen molar-refractivity contribution in [2.24, 2.45) is 5.92 Å². The number of aliphatic hydroxyl groups excluding tert-OH is 1. The van der Waals surface area contributed by atoms with E-state index in [2.05, 4.69) is 0 Å². The van der Waals surface area contributed by atoms with E-state index in [1.165, 1.54) is 0 Å². The van der Waals surface area contributed by atoms with Gasteiger partial charge in [0.25, 0.3) is 0 Å². The molecule has 15 heavy (non-hydrogen) atoms. The van der Waals surface area contributed by atoms with E-state index in [-0.39, 0.29) is 5.92 Å². The number of carbonyl (C=O) groups excluding carboxylic acids is 1. The topological polar surface area (TPSA) is 66.4 Å². The Kier molecular flexibility index (Phi) is 5.05. The minimum atomic E-state index is -1.29. The first kappa shape index (κ1) is 12.5. The fourth-order valence-electron chi connectivity index (χ4n) is 1.94. The molecule has 0 aromatic rings. The van der Waals surface area contributed by atoms with Crippen molar-refractivity contribution < 1.29 is 19.7 Å². The van der Waals surface area contributed by atoms with Gasteiger partial charge in [0, 0.05) is 12.3 Å². The molecule has 1 aliphatic rings. The third kappa shape index (κ3) is 4.18. The second kappa shape index (κ2) is 6.08. The molecule has 4 nitrogen and oxygen atoms in total. The summed E-state index contributed by atoms with van der Waals surface area (Å²) in [5.74, 6) is -0.632. The molecular formula is C11H19O4. The standard InChI is InChI=1S/C11H19O4/c1-2-4-10(13)15-11(14)8-5-3-6-9(12)7-8/h8-9,11-12H,2-7H2,1H3. The highest BCUT2D eigenvalue weighted by Gasteiger charge is 2.29. The largest absolute Gasteiger partial charge is 0.433 e. The highest BCUT2D eigenvalue weighted by molar-refractivity contribution is 5.69. The van der Waals surface area contributed by atoms with Crippen molar-refractivity contribution in [3.05, 3.63) is 0 Å². The van der Waals surface area contributed by atoms with Gasteiger partial charge in [-0.3, -0.25) is 4.79 Å². The number of hydrogen-bond donors (Lipinski definition) is 1. The highest BCUT2D eigenvalue weighted by atomic mass is 16.6. The minimum Gasteiger partial charge on any atom is -0.433 e. The molecule has 1 fully saturated rings. The van der Waals surface area contributed by atoms with Crippen LogP contribution in [0.3, 0.4) is 0 Å². The Morgan fingerprint density at radius 3 is 2.87 bits per heavy atom. The second-order valence-electron chi connectivity index (χ2n) is 4.19. The molecule has 4 heteroatoms. The van der Waals surface area contributed by atoms with Crippen LogP contribution in [-0.2, 0) is 14.6 Å². The Morgan fingerprint density at radius 2 is 2.27 bits per heavy atom. The van der Waals surface area contributed by atoms with Crippen molar-refractivity contribution in [3.63, 3.8) is 0 Å². The lowest BCUT2D eigenvalue weighted by atomic mass is 9.87. The average molecular weight is 215 g/mol. The molecule has 0 aromatic carbocycles. The maximum absolute atomic E-state index is 11.6. The molecule has 0 saturated heterocycles. The smallest absolute Gasteiger partial charge is 0.308 e. The third-order valence-electron chi connectivity index (χ3n) is 2.77. The van der Waals surface area contributed by atoms with E-state index in [1.54, 1.807) is 0 Å². The normalized spacial score (nSPS) is 28.5. The maximum Gasteiger partial charge on any atom is 0.308 e. The predicted octanol–water partition coefficient (Wildman–Crippen LogP) is 1.64. The van der Waals surface area contributed by atoms with Crippen LogP contribution in [-0.4, -0.2) is 23.5 Å². The molecule has 0 heterocycles. The van der Waals surface area contributed by atoms with Crippen LogP contribution in [0.1, 0.15) is 45.4 Å². The first-order valence-corrected chi connectivity index (χ1v) is 5.66. The van der Waals surface area contributed by atoms with Crippen LogP contribution >= 0.6 is 0 Å². The maximum atomic E-state index is 11.6. The molecule has 1 rings (SSSR count). The summed E-state index contributed by atoms with van der Waals surface area (Å²) in [4.78, 5) is 11.1. The van der Waals surface area contributed by atoms with E-state index in [9.17, 15) is 15.0 Å². The van der Waals surface area contributed by atoms with E-state index < -0.39 is 18.4 Å². The fourth-order valence-corrected chi connectivity index (χ4v) is 1.94. The minimum absolute atomic E-state index is 0.213. The first-order valence-electron chi connectivity index (χ1n) is 5.66. The SMILES string of the molecule is CCCC(=O)OC([O])C1CCCC(O)C1. The van der Waals surface area contributed by atoms with Crippen LogP contribution in [0.25, 0.3) is 0 Å². The van der Waals surface area contributed by atoms with Crippen molar-refractivity contribution in [2.45, 2.75) is 57.8 Å². The summed E-state index contributed by atoms with van der Waals surface area (Å²) in [6.07, 6.45) is 2.12. The first-order chi connectivity index (χ1) is 7.13. The van der Waals surface area contributed by atoms with Gasteiger partial charge in [-0.15, -0.1) is 0 Å². The zero-order valence-corrected chi connectivity index (χ0v) is 9.15. The van der Waals surface area contributed by atoms with Crippen molar-refractivity contribution in [3.8, 4) is 0 Å². The van der Waals surface area contributed by atoms with Gasteiger partial charge in [0.1, 0.15) is 0 Å². The molecule has 0 spiro atoms. The number of ether oxygens (including phenoxy) is 1. The molecule has 1 radical (unpaired) electrons. The molecule has 1 N–H and O–H groups in total. The number of carbonyl (C=O) groups is 1. The summed E-state index contributed by atoms with van der Waals surface area (Å²) in [5.41, 5.74) is 0. The zero-order valence-electron chi connectivity index (χ0n) is 9.15. The van der Waals surface area contributed by atoms with Crippen LogP contribution in [0.5, 0.6) is 0 Å². The third-order valence-corrected chi connectivity index (χ3v) is 2.77. The number of aliphatic hydroxyl groups is 1. The van der Waals surface area contributed by atoms with E-state index in [0.29, 0.717) is 19.3 Å². The molecule has 1 saturated carbocycles. The van der Waals surface area contributed by atoms with Gasteiger partial charge in [0.15, 0.2) is 0 Å². The Labute approximate surface area is 90.2 Å². The van der Waals surface area contributed by atoms with E-state index in [0.717, 1.165) is 19.3 Å². The lowest BCUT2D eigenvalue weighted by Crippen LogP contribution is -2.31. The summed E-state index contributed by atoms with van der Waals surface area (Å²) in [7, 11) is 0. The lowest BCUT2D eigenvalue weighted by Gasteiger charge is -2.27. The van der Waals surface area contributed by atoms with Crippen molar-refractivity contribution >= 4 is 5.97 Å². The van der Waals surface area contributed by atoms with Crippen LogP contribution < -0.4 is 0 Å². The predicted molar refractivity (Wildman–Crippen MR) is 53.4 cm³/mol. The fraction of sp³-hybridized carbons (Fsp3) is 0.909. The molecule has 3 atom stereocenters. The molecule has 0 aromatic heterocycles. The monoisotopic (exact) mass is 215 g/mol. The highest BCUT2D eigenvalue weighted by Crippen LogP contribution is 2.27. The average Bonchev–Trinajstić information content (AvgIpc) is 2.18. The van der Waals surface area contributed by atoms with E-state index in [4.69, 9.17) is 4.74 Å². The number of rotatable bonds is 4. The summed E-state index contributed by atoms with van der Waals surface area (Å²) in [6.45, 7) is 1.87. The van der Waals surface area contributed by atoms with Crippen molar-refractivity contribution in [2.75, 3.05) is 0 Å². The zero-order chi connectivity index (χ0) is 11.3. The van der Waals surface area contributed by atoms with Crippen LogP contribution in [0.2, 0.25) is 0 Å². The summed E-state index contributed by atoms with van der Waals surface area (Å²) < 4.78 is 4.77. The van der Waals surface area contributed by atoms with Crippen LogP contribution in [0, 0.1) is 5.92 Å². The van der Waals surface area contributed by atoms with E-state index in [1.807, 2.05) is 6.92 Å².